The highest BCUT2D eigenvalue weighted by atomic mass is 19.4. The zero-order chi connectivity index (χ0) is 20.7. The van der Waals surface area contributed by atoms with Crippen LogP contribution in [-0.4, -0.2) is 29.6 Å². The Morgan fingerprint density at radius 1 is 1.32 bits per heavy atom. The third-order valence-corrected chi connectivity index (χ3v) is 5.78. The molecule has 0 bridgehead atoms. The predicted octanol–water partition coefficient (Wildman–Crippen LogP) is 4.14. The van der Waals surface area contributed by atoms with Gasteiger partial charge in [-0.25, -0.2) is 0 Å². The summed E-state index contributed by atoms with van der Waals surface area (Å²) in [5.74, 6) is -0.199. The average molecular weight is 399 g/mol. The number of carbonyl (C=O) groups is 2. The van der Waals surface area contributed by atoms with E-state index in [4.69, 9.17) is 9.47 Å². The molecule has 28 heavy (non-hydrogen) atoms. The fourth-order valence-corrected chi connectivity index (χ4v) is 4.19. The van der Waals surface area contributed by atoms with Crippen LogP contribution >= 0.6 is 0 Å². The largest absolute Gasteiger partial charge is 0.473 e. The van der Waals surface area contributed by atoms with E-state index in [0.29, 0.717) is 30.6 Å². The van der Waals surface area contributed by atoms with Crippen molar-refractivity contribution in [1.29, 1.82) is 0 Å². The smallest absolute Gasteiger partial charge is 0.416 e. The Hall–Kier alpha value is -2.25. The van der Waals surface area contributed by atoms with Gasteiger partial charge in [-0.1, -0.05) is 13.8 Å². The van der Waals surface area contributed by atoms with Gasteiger partial charge in [-0.15, -0.1) is 0 Å². The van der Waals surface area contributed by atoms with E-state index in [2.05, 4.69) is 0 Å². The Kier molecular flexibility index (Phi) is 5.34. The number of ether oxygens (including phenoxy) is 2. The molecule has 1 amide bonds. The summed E-state index contributed by atoms with van der Waals surface area (Å²) in [5.41, 5.74) is -1.15. The molecule has 0 radical (unpaired) electrons. The first-order valence-corrected chi connectivity index (χ1v) is 9.32. The van der Waals surface area contributed by atoms with Crippen molar-refractivity contribution in [2.45, 2.75) is 58.9 Å². The molecule has 154 valence electrons. The van der Waals surface area contributed by atoms with Crippen molar-refractivity contribution in [2.24, 2.45) is 11.3 Å². The summed E-state index contributed by atoms with van der Waals surface area (Å²) in [6.07, 6.45) is -3.21. The lowest BCUT2D eigenvalue weighted by Crippen LogP contribution is -2.48. The van der Waals surface area contributed by atoms with E-state index in [0.717, 1.165) is 12.1 Å². The van der Waals surface area contributed by atoms with Crippen molar-refractivity contribution in [3.05, 3.63) is 29.3 Å². The number of rotatable bonds is 3. The van der Waals surface area contributed by atoms with Gasteiger partial charge in [0.05, 0.1) is 17.5 Å². The summed E-state index contributed by atoms with van der Waals surface area (Å²) < 4.78 is 49.9. The number of hydrogen-bond donors (Lipinski definition) is 0. The van der Waals surface area contributed by atoms with Gasteiger partial charge in [-0.05, 0) is 43.4 Å². The Morgan fingerprint density at radius 3 is 2.64 bits per heavy atom. The zero-order valence-corrected chi connectivity index (χ0v) is 16.1. The third kappa shape index (κ3) is 3.82. The molecular weight excluding hydrogens is 375 g/mol. The molecule has 1 aromatic carbocycles. The highest BCUT2D eigenvalue weighted by Gasteiger charge is 2.50. The minimum absolute atomic E-state index is 0.0100. The molecule has 1 aliphatic heterocycles. The molecule has 1 fully saturated rings. The van der Waals surface area contributed by atoms with Crippen molar-refractivity contribution in [3.8, 4) is 5.75 Å². The number of fused-ring (bicyclic) bond motifs is 1. The van der Waals surface area contributed by atoms with E-state index in [1.54, 1.807) is 0 Å². The maximum atomic E-state index is 13.4. The van der Waals surface area contributed by atoms with Gasteiger partial charge in [0.15, 0.2) is 6.73 Å². The molecule has 2 aliphatic rings. The number of benzene rings is 1. The van der Waals surface area contributed by atoms with E-state index in [9.17, 15) is 22.8 Å². The van der Waals surface area contributed by atoms with E-state index in [1.165, 1.54) is 17.9 Å². The van der Waals surface area contributed by atoms with Crippen LogP contribution < -0.4 is 4.74 Å². The van der Waals surface area contributed by atoms with Crippen LogP contribution in [0.2, 0.25) is 0 Å². The SMILES string of the molecule is CC(=O)OC1CC[C@@](C(=O)N2COc3ccc(C(F)(F)F)cc3C2)(C(C)C)C1. The molecule has 0 spiro atoms. The van der Waals surface area contributed by atoms with E-state index in [1.807, 2.05) is 13.8 Å². The zero-order valence-electron chi connectivity index (χ0n) is 16.1. The van der Waals surface area contributed by atoms with Crippen LogP contribution in [0.1, 0.15) is 51.2 Å². The molecule has 1 aromatic rings. The lowest BCUT2D eigenvalue weighted by Gasteiger charge is -2.39. The van der Waals surface area contributed by atoms with Gasteiger partial charge < -0.3 is 14.4 Å². The highest BCUT2D eigenvalue weighted by molar-refractivity contribution is 5.84. The molecule has 1 unspecified atom stereocenters. The quantitative estimate of drug-likeness (QED) is 0.717. The third-order valence-electron chi connectivity index (χ3n) is 5.78. The number of alkyl halides is 3. The van der Waals surface area contributed by atoms with Crippen LogP contribution in [0.3, 0.4) is 0 Å². The maximum Gasteiger partial charge on any atom is 0.416 e. The van der Waals surface area contributed by atoms with Gasteiger partial charge in [0.2, 0.25) is 5.91 Å². The van der Waals surface area contributed by atoms with Gasteiger partial charge in [0.25, 0.3) is 0 Å². The van der Waals surface area contributed by atoms with Gasteiger partial charge in [-0.2, -0.15) is 13.2 Å². The molecule has 0 aromatic heterocycles. The number of halogens is 3. The lowest BCUT2D eigenvalue weighted by atomic mass is 9.74. The Morgan fingerprint density at radius 2 is 2.04 bits per heavy atom. The van der Waals surface area contributed by atoms with Gasteiger partial charge in [0.1, 0.15) is 11.9 Å². The molecule has 1 heterocycles. The van der Waals surface area contributed by atoms with Crippen LogP contribution in [0.25, 0.3) is 0 Å². The summed E-state index contributed by atoms with van der Waals surface area (Å²) in [6, 6.07) is 3.31. The fraction of sp³-hybridized carbons (Fsp3) is 0.600. The first-order chi connectivity index (χ1) is 13.0. The summed E-state index contributed by atoms with van der Waals surface area (Å²) in [5, 5.41) is 0. The normalized spacial score (nSPS) is 24.7. The maximum absolute atomic E-state index is 13.4. The first kappa shape index (κ1) is 20.5. The number of hydrogen-bond acceptors (Lipinski definition) is 4. The first-order valence-electron chi connectivity index (χ1n) is 9.32. The molecule has 3 rings (SSSR count). The summed E-state index contributed by atoms with van der Waals surface area (Å²) in [6.45, 7) is 5.27. The molecule has 0 N–H and O–H groups in total. The molecule has 5 nitrogen and oxygen atoms in total. The monoisotopic (exact) mass is 399 g/mol. The minimum atomic E-state index is -4.46. The Balaban J connectivity index is 1.82. The van der Waals surface area contributed by atoms with Crippen LogP contribution in [0, 0.1) is 11.3 Å². The number of carbonyl (C=O) groups excluding carboxylic acids is 2. The number of esters is 1. The van der Waals surface area contributed by atoms with Crippen LogP contribution in [0.15, 0.2) is 18.2 Å². The second-order valence-corrected chi connectivity index (χ2v) is 7.88. The van der Waals surface area contributed by atoms with Crippen molar-refractivity contribution in [2.75, 3.05) is 6.73 Å². The molecular formula is C20H24F3NO4. The standard InChI is InChI=1S/C20H24F3NO4/c1-12(2)19(7-6-16(9-19)28-13(3)25)18(26)24-10-14-8-15(20(21,22)23)4-5-17(14)27-11-24/h4-5,8,12,16H,6-7,9-11H2,1-3H3/t16?,19-/m0/s1. The fourth-order valence-electron chi connectivity index (χ4n) is 4.19. The Bertz CT molecular complexity index is 777. The number of nitrogens with zero attached hydrogens (tertiary/aromatic N) is 1. The summed E-state index contributed by atoms with van der Waals surface area (Å²) in [7, 11) is 0. The van der Waals surface area contributed by atoms with Crippen molar-refractivity contribution >= 4 is 11.9 Å². The van der Waals surface area contributed by atoms with Crippen molar-refractivity contribution in [1.82, 2.24) is 4.90 Å². The van der Waals surface area contributed by atoms with Gasteiger partial charge in [0, 0.05) is 12.5 Å². The molecule has 1 saturated carbocycles. The number of amides is 1. The van der Waals surface area contributed by atoms with Gasteiger partial charge in [-0.3, -0.25) is 9.59 Å². The lowest BCUT2D eigenvalue weighted by molar-refractivity contribution is -0.153. The predicted molar refractivity (Wildman–Crippen MR) is 94.2 cm³/mol. The highest BCUT2D eigenvalue weighted by Crippen LogP contribution is 2.47. The Labute approximate surface area is 161 Å². The molecule has 1 aliphatic carbocycles. The summed E-state index contributed by atoms with van der Waals surface area (Å²) >= 11 is 0. The molecule has 2 atom stereocenters. The summed E-state index contributed by atoms with van der Waals surface area (Å²) in [4.78, 5) is 26.1. The second kappa shape index (κ2) is 7.29. The van der Waals surface area contributed by atoms with E-state index < -0.39 is 17.2 Å². The topological polar surface area (TPSA) is 55.8 Å². The van der Waals surface area contributed by atoms with Gasteiger partial charge >= 0.3 is 12.1 Å². The van der Waals surface area contributed by atoms with E-state index >= 15 is 0 Å². The second-order valence-electron chi connectivity index (χ2n) is 7.88. The molecule has 0 saturated heterocycles. The van der Waals surface area contributed by atoms with Crippen LogP contribution in [0.5, 0.6) is 5.75 Å². The van der Waals surface area contributed by atoms with Crippen LogP contribution in [0.4, 0.5) is 13.2 Å². The van der Waals surface area contributed by atoms with Crippen molar-refractivity contribution in [3.63, 3.8) is 0 Å². The average Bonchev–Trinajstić information content (AvgIpc) is 3.03. The molecule has 8 heteroatoms. The van der Waals surface area contributed by atoms with E-state index in [-0.39, 0.29) is 37.2 Å². The van der Waals surface area contributed by atoms with Crippen LogP contribution in [-0.2, 0) is 27.0 Å². The minimum Gasteiger partial charge on any atom is -0.473 e. The van der Waals surface area contributed by atoms with Crippen molar-refractivity contribution < 1.29 is 32.2 Å².